The van der Waals surface area contributed by atoms with Crippen LogP contribution in [-0.4, -0.2) is 0 Å². The third-order valence-corrected chi connectivity index (χ3v) is 15.1. The molecule has 3 atom stereocenters. The topological polar surface area (TPSA) is 3.24 Å². The van der Waals surface area contributed by atoms with Crippen molar-refractivity contribution in [3.05, 3.63) is 198 Å². The number of rotatable bonds is 7. The third kappa shape index (κ3) is 5.95. The Morgan fingerprint density at radius 1 is 0.475 bits per heavy atom. The van der Waals surface area contributed by atoms with Crippen molar-refractivity contribution in [3.63, 3.8) is 0 Å². The normalized spacial score (nSPS) is 18.3. The molecule has 0 aliphatic heterocycles. The number of fused-ring (bicyclic) bond motifs is 7. The van der Waals surface area contributed by atoms with Crippen molar-refractivity contribution in [2.45, 2.75) is 77.6 Å². The fraction of sp³-hybridized carbons (Fsp3) is 0.233. The maximum absolute atomic E-state index is 2.50. The maximum atomic E-state index is 2.50. The molecule has 0 N–H and O–H groups in total. The average molecular weight is 790 g/mol. The van der Waals surface area contributed by atoms with E-state index in [2.05, 4.69) is 216 Å². The molecule has 8 aromatic carbocycles. The monoisotopic (exact) mass is 789 g/mol. The zero-order chi connectivity index (χ0) is 41.6. The van der Waals surface area contributed by atoms with Gasteiger partial charge in [0.15, 0.2) is 0 Å². The first kappa shape index (κ1) is 37.8. The predicted octanol–water partition coefficient (Wildman–Crippen LogP) is 16.8. The number of anilines is 3. The summed E-state index contributed by atoms with van der Waals surface area (Å²) in [7, 11) is 0. The average Bonchev–Trinajstić information content (AvgIpc) is 3.90. The number of hydrogen-bond acceptors (Lipinski definition) is 1. The van der Waals surface area contributed by atoms with Crippen molar-refractivity contribution >= 4 is 27.8 Å². The van der Waals surface area contributed by atoms with Crippen LogP contribution >= 0.6 is 0 Å². The Hall–Kier alpha value is -6.18. The molecule has 0 radical (unpaired) electrons. The summed E-state index contributed by atoms with van der Waals surface area (Å²) in [5.41, 5.74) is 21.1. The van der Waals surface area contributed by atoms with E-state index in [9.17, 15) is 0 Å². The van der Waals surface area contributed by atoms with Gasteiger partial charge in [0.25, 0.3) is 0 Å². The van der Waals surface area contributed by atoms with Gasteiger partial charge in [-0.3, -0.25) is 0 Å². The molecule has 0 saturated heterocycles. The summed E-state index contributed by atoms with van der Waals surface area (Å²) in [5, 5.41) is 2.54. The van der Waals surface area contributed by atoms with Crippen LogP contribution in [0.1, 0.15) is 94.5 Å². The van der Waals surface area contributed by atoms with Crippen LogP contribution in [0.3, 0.4) is 0 Å². The molecule has 0 heterocycles. The lowest BCUT2D eigenvalue weighted by Gasteiger charge is -2.30. The van der Waals surface area contributed by atoms with Crippen molar-refractivity contribution in [3.8, 4) is 44.5 Å². The Morgan fingerprint density at radius 2 is 1.02 bits per heavy atom. The first-order valence-electron chi connectivity index (χ1n) is 22.6. The number of benzene rings is 8. The molecule has 11 rings (SSSR count). The fourth-order valence-corrected chi connectivity index (χ4v) is 11.9. The second kappa shape index (κ2) is 14.2. The van der Waals surface area contributed by atoms with E-state index in [0.29, 0.717) is 5.92 Å². The van der Waals surface area contributed by atoms with E-state index in [1.54, 1.807) is 5.56 Å². The molecular weight excluding hydrogens is 735 g/mol. The zero-order valence-electron chi connectivity index (χ0n) is 36.5. The summed E-state index contributed by atoms with van der Waals surface area (Å²) in [6.07, 6.45) is 4.04. The molecule has 0 aromatic heterocycles. The van der Waals surface area contributed by atoms with Crippen molar-refractivity contribution in [1.29, 1.82) is 0 Å². The van der Waals surface area contributed by atoms with Gasteiger partial charge in [0.1, 0.15) is 0 Å². The minimum atomic E-state index is -0.0787. The molecule has 1 nitrogen and oxygen atoms in total. The molecule has 3 aliphatic rings. The molecule has 0 amide bonds. The predicted molar refractivity (Wildman–Crippen MR) is 260 cm³/mol. The molecule has 61 heavy (non-hydrogen) atoms. The van der Waals surface area contributed by atoms with Crippen LogP contribution in [0.5, 0.6) is 0 Å². The van der Waals surface area contributed by atoms with Crippen LogP contribution < -0.4 is 4.90 Å². The third-order valence-electron chi connectivity index (χ3n) is 15.1. The minimum absolute atomic E-state index is 0.0533. The molecule has 3 unspecified atom stereocenters. The van der Waals surface area contributed by atoms with Gasteiger partial charge in [-0.15, -0.1) is 0 Å². The molecule has 1 saturated carbocycles. The smallest absolute Gasteiger partial charge is 0.0468 e. The summed E-state index contributed by atoms with van der Waals surface area (Å²) in [4.78, 5) is 2.49. The van der Waals surface area contributed by atoms with Crippen LogP contribution in [0.4, 0.5) is 17.1 Å². The van der Waals surface area contributed by atoms with Gasteiger partial charge in [-0.05, 0) is 150 Å². The van der Waals surface area contributed by atoms with Gasteiger partial charge in [0, 0.05) is 27.9 Å². The zero-order valence-corrected chi connectivity index (χ0v) is 36.5. The lowest BCUT2D eigenvalue weighted by molar-refractivity contribution is 0.437. The Bertz CT molecular complexity index is 2980. The van der Waals surface area contributed by atoms with Crippen LogP contribution in [0.15, 0.2) is 170 Å². The van der Waals surface area contributed by atoms with Crippen molar-refractivity contribution < 1.29 is 0 Å². The van der Waals surface area contributed by atoms with Crippen LogP contribution in [0.2, 0.25) is 0 Å². The minimum Gasteiger partial charge on any atom is -0.310 e. The molecular formula is C60H55N. The van der Waals surface area contributed by atoms with Gasteiger partial charge in [-0.25, -0.2) is 0 Å². The number of hydrogen-bond donors (Lipinski definition) is 0. The summed E-state index contributed by atoms with van der Waals surface area (Å²) >= 11 is 0. The highest BCUT2D eigenvalue weighted by Crippen LogP contribution is 2.55. The van der Waals surface area contributed by atoms with Gasteiger partial charge in [-0.1, -0.05) is 181 Å². The van der Waals surface area contributed by atoms with Gasteiger partial charge in [-0.2, -0.15) is 0 Å². The summed E-state index contributed by atoms with van der Waals surface area (Å²) in [6, 6.07) is 64.1. The molecule has 8 aromatic rings. The lowest BCUT2D eigenvalue weighted by atomic mass is 9.75. The van der Waals surface area contributed by atoms with Crippen LogP contribution in [0, 0.1) is 11.8 Å². The second-order valence-corrected chi connectivity index (χ2v) is 19.4. The van der Waals surface area contributed by atoms with E-state index in [-0.39, 0.29) is 10.8 Å². The summed E-state index contributed by atoms with van der Waals surface area (Å²) < 4.78 is 0. The lowest BCUT2D eigenvalue weighted by Crippen LogP contribution is -2.20. The first-order valence-corrected chi connectivity index (χ1v) is 22.6. The molecule has 0 spiro atoms. The van der Waals surface area contributed by atoms with Gasteiger partial charge >= 0.3 is 0 Å². The molecule has 0 bridgehead atoms. The highest BCUT2D eigenvalue weighted by molar-refractivity contribution is 6.06. The largest absolute Gasteiger partial charge is 0.310 e. The van der Waals surface area contributed by atoms with Crippen molar-refractivity contribution in [2.24, 2.45) is 11.8 Å². The Balaban J connectivity index is 1.06. The maximum Gasteiger partial charge on any atom is 0.0468 e. The first-order chi connectivity index (χ1) is 29.6. The Labute approximate surface area is 362 Å². The van der Waals surface area contributed by atoms with Gasteiger partial charge in [0.05, 0.1) is 0 Å². The fourth-order valence-electron chi connectivity index (χ4n) is 11.9. The van der Waals surface area contributed by atoms with E-state index in [1.807, 2.05) is 0 Å². The van der Waals surface area contributed by atoms with E-state index >= 15 is 0 Å². The van der Waals surface area contributed by atoms with E-state index in [4.69, 9.17) is 0 Å². The van der Waals surface area contributed by atoms with E-state index < -0.39 is 0 Å². The molecule has 3 aliphatic carbocycles. The Morgan fingerprint density at radius 3 is 1.69 bits per heavy atom. The second-order valence-electron chi connectivity index (χ2n) is 19.4. The SMILES string of the molecule is CC1CCC(C(C)c2cccc3c2C(C)(C)c2ccc(N(c4ccc(-c5cccc6cccc(-c7ccccc7)c56)cc4)c4ccc5c(c4)-c4ccccc4C5(C)C)cc2-3)C1. The summed E-state index contributed by atoms with van der Waals surface area (Å²) in [6.45, 7) is 14.6. The van der Waals surface area contributed by atoms with Crippen LogP contribution in [-0.2, 0) is 10.8 Å². The van der Waals surface area contributed by atoms with E-state index in [1.165, 1.54) is 108 Å². The van der Waals surface area contributed by atoms with E-state index in [0.717, 1.165) is 17.5 Å². The van der Waals surface area contributed by atoms with Crippen molar-refractivity contribution in [1.82, 2.24) is 0 Å². The van der Waals surface area contributed by atoms with Crippen LogP contribution in [0.25, 0.3) is 55.3 Å². The highest BCUT2D eigenvalue weighted by Gasteiger charge is 2.40. The van der Waals surface area contributed by atoms with Gasteiger partial charge < -0.3 is 4.90 Å². The highest BCUT2D eigenvalue weighted by atomic mass is 15.1. The standard InChI is InChI=1S/C60H55N/c1-38-25-26-43(35-38)39(2)47-20-14-23-51-53-37-46(32-34-56(53)60(5,6)58(47)51)61(45-31-33-55-52(36-45)50-19-10-11-24-54(50)59(55,3)4)44-29-27-41(28-30-44)49-22-13-18-42-17-12-21-48(57(42)49)40-15-8-7-9-16-40/h7-24,27-34,36-39,43H,25-26,35H2,1-6H3. The van der Waals surface area contributed by atoms with Gasteiger partial charge in [0.2, 0.25) is 0 Å². The Kier molecular flexibility index (Phi) is 8.80. The van der Waals surface area contributed by atoms with Crippen molar-refractivity contribution in [2.75, 3.05) is 4.90 Å². The molecule has 1 heteroatoms. The quantitative estimate of drug-likeness (QED) is 0.155. The number of nitrogens with zero attached hydrogens (tertiary/aromatic N) is 1. The molecule has 1 fully saturated rings. The summed E-state index contributed by atoms with van der Waals surface area (Å²) in [5.74, 6) is 2.13. The molecule has 300 valence electrons.